The van der Waals surface area contributed by atoms with Gasteiger partial charge < -0.3 is 4.74 Å². The van der Waals surface area contributed by atoms with Crippen LogP contribution in [0, 0.1) is 0 Å². The molecule has 0 bridgehead atoms. The van der Waals surface area contributed by atoms with Gasteiger partial charge in [-0.05, 0) is 18.6 Å². The SMILES string of the molecule is CCOC(=O)CC1(C)CC(=O)c2cccc(Cl)c21. The molecule has 0 saturated carbocycles. The van der Waals surface area contributed by atoms with Crippen LogP contribution in [0.25, 0.3) is 0 Å². The number of hydrogen-bond donors (Lipinski definition) is 0. The summed E-state index contributed by atoms with van der Waals surface area (Å²) in [6.07, 6.45) is 0.494. The second-order valence-corrected chi connectivity index (χ2v) is 5.21. The van der Waals surface area contributed by atoms with E-state index >= 15 is 0 Å². The third-order valence-electron chi connectivity index (χ3n) is 3.31. The molecule has 0 aliphatic heterocycles. The normalized spacial score (nSPS) is 21.8. The summed E-state index contributed by atoms with van der Waals surface area (Å²) in [5.41, 5.74) is 0.871. The van der Waals surface area contributed by atoms with E-state index in [0.29, 0.717) is 23.6 Å². The topological polar surface area (TPSA) is 43.4 Å². The molecule has 1 aliphatic carbocycles. The van der Waals surface area contributed by atoms with Crippen LogP contribution in [0.2, 0.25) is 5.02 Å². The molecule has 0 spiro atoms. The number of benzene rings is 1. The van der Waals surface area contributed by atoms with Crippen molar-refractivity contribution in [2.24, 2.45) is 0 Å². The van der Waals surface area contributed by atoms with Crippen LogP contribution in [0.5, 0.6) is 0 Å². The van der Waals surface area contributed by atoms with Crippen molar-refractivity contribution in [3.05, 3.63) is 34.3 Å². The molecule has 96 valence electrons. The van der Waals surface area contributed by atoms with Gasteiger partial charge >= 0.3 is 5.97 Å². The van der Waals surface area contributed by atoms with Gasteiger partial charge in [0.15, 0.2) is 5.78 Å². The van der Waals surface area contributed by atoms with Gasteiger partial charge in [0.1, 0.15) is 0 Å². The number of rotatable bonds is 3. The summed E-state index contributed by atoms with van der Waals surface area (Å²) in [5, 5.41) is 0.546. The van der Waals surface area contributed by atoms with Gasteiger partial charge in [0.05, 0.1) is 13.0 Å². The van der Waals surface area contributed by atoms with Crippen LogP contribution in [-0.2, 0) is 14.9 Å². The van der Waals surface area contributed by atoms with Crippen LogP contribution in [0.3, 0.4) is 0 Å². The number of carbonyl (C=O) groups is 2. The number of hydrogen-bond acceptors (Lipinski definition) is 3. The van der Waals surface area contributed by atoms with Crippen molar-refractivity contribution in [1.82, 2.24) is 0 Å². The molecule has 0 N–H and O–H groups in total. The molecule has 0 heterocycles. The van der Waals surface area contributed by atoms with Gasteiger partial charge in [-0.25, -0.2) is 0 Å². The van der Waals surface area contributed by atoms with E-state index in [0.717, 1.165) is 5.56 Å². The highest BCUT2D eigenvalue weighted by Crippen LogP contribution is 2.44. The summed E-state index contributed by atoms with van der Waals surface area (Å²) >= 11 is 6.18. The van der Waals surface area contributed by atoms with E-state index < -0.39 is 5.41 Å². The van der Waals surface area contributed by atoms with Gasteiger partial charge in [-0.1, -0.05) is 30.7 Å². The monoisotopic (exact) mass is 266 g/mol. The number of halogens is 1. The molecule has 4 heteroatoms. The van der Waals surface area contributed by atoms with Crippen molar-refractivity contribution < 1.29 is 14.3 Å². The second-order valence-electron chi connectivity index (χ2n) is 4.80. The number of carbonyl (C=O) groups excluding carboxylic acids is 2. The van der Waals surface area contributed by atoms with E-state index in [9.17, 15) is 9.59 Å². The van der Waals surface area contributed by atoms with Gasteiger partial charge in [0, 0.05) is 22.4 Å². The fourth-order valence-electron chi connectivity index (χ4n) is 2.59. The van der Waals surface area contributed by atoms with Crippen molar-refractivity contribution >= 4 is 23.4 Å². The largest absolute Gasteiger partial charge is 0.466 e. The van der Waals surface area contributed by atoms with E-state index in [1.165, 1.54) is 0 Å². The molecule has 1 aromatic carbocycles. The maximum Gasteiger partial charge on any atom is 0.306 e. The zero-order chi connectivity index (χ0) is 13.3. The first-order valence-corrected chi connectivity index (χ1v) is 6.33. The Morgan fingerprint density at radius 1 is 1.50 bits per heavy atom. The fraction of sp³-hybridized carbons (Fsp3) is 0.429. The summed E-state index contributed by atoms with van der Waals surface area (Å²) in [7, 11) is 0. The first kappa shape index (κ1) is 13.1. The lowest BCUT2D eigenvalue weighted by Gasteiger charge is -2.24. The number of ether oxygens (including phenoxy) is 1. The molecule has 0 radical (unpaired) electrons. The van der Waals surface area contributed by atoms with Gasteiger partial charge in [-0.3, -0.25) is 9.59 Å². The summed E-state index contributed by atoms with van der Waals surface area (Å²) in [6, 6.07) is 5.28. The first-order valence-electron chi connectivity index (χ1n) is 5.96. The highest BCUT2D eigenvalue weighted by atomic mass is 35.5. The van der Waals surface area contributed by atoms with Crippen LogP contribution >= 0.6 is 11.6 Å². The summed E-state index contributed by atoms with van der Waals surface area (Å²) in [6.45, 7) is 4.00. The van der Waals surface area contributed by atoms with Crippen LogP contribution in [-0.4, -0.2) is 18.4 Å². The van der Waals surface area contributed by atoms with Crippen molar-refractivity contribution in [3.63, 3.8) is 0 Å². The van der Waals surface area contributed by atoms with Gasteiger partial charge in [-0.15, -0.1) is 0 Å². The van der Waals surface area contributed by atoms with Gasteiger partial charge in [0.25, 0.3) is 0 Å². The van der Waals surface area contributed by atoms with E-state index in [4.69, 9.17) is 16.3 Å². The molecule has 0 fully saturated rings. The quantitative estimate of drug-likeness (QED) is 0.790. The van der Waals surface area contributed by atoms with Crippen molar-refractivity contribution in [3.8, 4) is 0 Å². The summed E-state index contributed by atoms with van der Waals surface area (Å²) in [4.78, 5) is 23.6. The zero-order valence-electron chi connectivity index (χ0n) is 10.5. The van der Waals surface area contributed by atoms with E-state index in [1.54, 1.807) is 25.1 Å². The van der Waals surface area contributed by atoms with Crippen LogP contribution in [0.1, 0.15) is 42.6 Å². The standard InChI is InChI=1S/C14H15ClO3/c1-3-18-12(17)8-14(2)7-11(16)9-5-4-6-10(15)13(9)14/h4-6H,3,7-8H2,1-2H3. The molecule has 1 aliphatic rings. The molecule has 1 aromatic rings. The summed E-state index contributed by atoms with van der Waals surface area (Å²) in [5.74, 6) is -0.250. The molecular weight excluding hydrogens is 252 g/mol. The maximum atomic E-state index is 12.0. The highest BCUT2D eigenvalue weighted by molar-refractivity contribution is 6.32. The lowest BCUT2D eigenvalue weighted by Crippen LogP contribution is -2.25. The minimum atomic E-state index is -0.545. The third-order valence-corrected chi connectivity index (χ3v) is 3.62. The molecule has 1 unspecified atom stereocenters. The van der Waals surface area contributed by atoms with Crippen LogP contribution in [0.15, 0.2) is 18.2 Å². The minimum Gasteiger partial charge on any atom is -0.466 e. The van der Waals surface area contributed by atoms with Crippen LogP contribution in [0.4, 0.5) is 0 Å². The fourth-order valence-corrected chi connectivity index (χ4v) is 2.99. The van der Waals surface area contributed by atoms with E-state index in [-0.39, 0.29) is 18.2 Å². The molecular formula is C14H15ClO3. The predicted octanol–water partition coefficient (Wildman–Crippen LogP) is 3.14. The number of esters is 1. The van der Waals surface area contributed by atoms with Gasteiger partial charge in [0.2, 0.25) is 0 Å². The van der Waals surface area contributed by atoms with E-state index in [2.05, 4.69) is 0 Å². The third kappa shape index (κ3) is 2.15. The zero-order valence-corrected chi connectivity index (χ0v) is 11.2. The second kappa shape index (κ2) is 4.73. The average Bonchev–Trinajstić information content (AvgIpc) is 2.52. The Morgan fingerprint density at radius 3 is 2.89 bits per heavy atom. The molecule has 0 saturated heterocycles. The highest BCUT2D eigenvalue weighted by Gasteiger charge is 2.42. The Balaban J connectivity index is 2.38. The minimum absolute atomic E-state index is 0.0410. The Bertz CT molecular complexity index is 510. The number of Topliss-reactive ketones (excluding diaryl/α,β-unsaturated/α-hetero) is 1. The smallest absolute Gasteiger partial charge is 0.306 e. The Kier molecular flexibility index (Phi) is 3.44. The van der Waals surface area contributed by atoms with Crippen molar-refractivity contribution in [2.75, 3.05) is 6.61 Å². The number of fused-ring (bicyclic) bond motifs is 1. The van der Waals surface area contributed by atoms with E-state index in [1.807, 2.05) is 6.92 Å². The van der Waals surface area contributed by atoms with Crippen LogP contribution < -0.4 is 0 Å². The number of ketones is 1. The maximum absolute atomic E-state index is 12.0. The molecule has 3 nitrogen and oxygen atoms in total. The molecule has 0 aromatic heterocycles. The summed E-state index contributed by atoms with van der Waals surface area (Å²) < 4.78 is 4.97. The Morgan fingerprint density at radius 2 is 2.22 bits per heavy atom. The van der Waals surface area contributed by atoms with Crippen molar-refractivity contribution in [2.45, 2.75) is 32.1 Å². The molecule has 0 amide bonds. The molecule has 18 heavy (non-hydrogen) atoms. The lowest BCUT2D eigenvalue weighted by atomic mass is 9.81. The Labute approximate surface area is 111 Å². The predicted molar refractivity (Wildman–Crippen MR) is 69.0 cm³/mol. The van der Waals surface area contributed by atoms with Crippen molar-refractivity contribution in [1.29, 1.82) is 0 Å². The lowest BCUT2D eigenvalue weighted by molar-refractivity contribution is -0.144. The molecule has 2 rings (SSSR count). The Hall–Kier alpha value is -1.35. The first-order chi connectivity index (χ1) is 8.48. The average molecular weight is 267 g/mol. The molecule has 1 atom stereocenters. The van der Waals surface area contributed by atoms with Gasteiger partial charge in [-0.2, -0.15) is 0 Å².